The summed E-state index contributed by atoms with van der Waals surface area (Å²) in [7, 11) is -2.07. The number of pyridine rings is 2. The van der Waals surface area contributed by atoms with Crippen LogP contribution in [0.15, 0.2) is 30.6 Å². The molecule has 178 valence electrons. The number of nitrogens with zero attached hydrogens (tertiary/aromatic N) is 5. The first-order chi connectivity index (χ1) is 16.2. The third-order valence-corrected chi connectivity index (χ3v) is 7.12. The zero-order valence-corrected chi connectivity index (χ0v) is 19.8. The molecule has 0 saturated carbocycles. The molecule has 0 atom stereocenters. The van der Waals surface area contributed by atoms with E-state index in [-0.39, 0.29) is 24.3 Å². The lowest BCUT2D eigenvalue weighted by molar-refractivity contribution is 0.0709. The van der Waals surface area contributed by atoms with Crippen LogP contribution in [0.3, 0.4) is 0 Å². The van der Waals surface area contributed by atoms with Crippen molar-refractivity contribution in [3.63, 3.8) is 0 Å². The highest BCUT2D eigenvalue weighted by Crippen LogP contribution is 2.29. The van der Waals surface area contributed by atoms with Gasteiger partial charge in [0.25, 0.3) is 5.91 Å². The molecule has 0 aromatic carbocycles. The maximum Gasteiger partial charge on any atom is 0.270 e. The Kier molecular flexibility index (Phi) is 6.41. The van der Waals surface area contributed by atoms with Gasteiger partial charge in [0.05, 0.1) is 17.5 Å². The van der Waals surface area contributed by atoms with Crippen LogP contribution in [-0.4, -0.2) is 66.6 Å². The van der Waals surface area contributed by atoms with Gasteiger partial charge in [0, 0.05) is 56.1 Å². The molecule has 0 bridgehead atoms. The minimum Gasteiger partial charge on any atom is -0.379 e. The van der Waals surface area contributed by atoms with E-state index in [9.17, 15) is 18.5 Å². The Morgan fingerprint density at radius 3 is 2.79 bits per heavy atom. The highest BCUT2D eigenvalue weighted by atomic mass is 32.2. The molecular formula is C22H26N8O3S. The van der Waals surface area contributed by atoms with Crippen molar-refractivity contribution < 1.29 is 13.2 Å². The number of aromatic amines is 1. The highest BCUT2D eigenvalue weighted by Gasteiger charge is 2.24. The summed E-state index contributed by atoms with van der Waals surface area (Å²) in [4.78, 5) is 26.3. The molecular weight excluding hydrogens is 456 g/mol. The molecule has 0 aliphatic carbocycles. The Morgan fingerprint density at radius 1 is 1.38 bits per heavy atom. The second-order valence-electron chi connectivity index (χ2n) is 8.30. The fourth-order valence-electron chi connectivity index (χ4n) is 3.93. The van der Waals surface area contributed by atoms with Gasteiger partial charge < -0.3 is 20.9 Å². The molecule has 11 nitrogen and oxygen atoms in total. The quantitative estimate of drug-likeness (QED) is 0.475. The molecule has 3 aromatic rings. The molecule has 1 aliphatic rings. The second-order valence-corrected chi connectivity index (χ2v) is 10.3. The lowest BCUT2D eigenvalue weighted by Gasteiger charge is -2.29. The summed E-state index contributed by atoms with van der Waals surface area (Å²) in [5, 5.41) is 13.5. The fraction of sp³-hybridized carbons (Fsp3) is 0.364. The fourth-order valence-corrected chi connectivity index (χ4v) is 4.41. The van der Waals surface area contributed by atoms with Gasteiger partial charge in [-0.15, -0.1) is 0 Å². The van der Waals surface area contributed by atoms with Crippen molar-refractivity contribution in [2.75, 3.05) is 36.0 Å². The molecule has 12 heteroatoms. The molecule has 1 aliphatic heterocycles. The average Bonchev–Trinajstić information content (AvgIpc) is 3.26. The van der Waals surface area contributed by atoms with Crippen molar-refractivity contribution in [1.29, 1.82) is 5.26 Å². The number of amides is 1. The molecule has 3 aromatic heterocycles. The van der Waals surface area contributed by atoms with Crippen LogP contribution in [0.5, 0.6) is 0 Å². The van der Waals surface area contributed by atoms with Gasteiger partial charge in [-0.05, 0) is 25.0 Å². The number of hydrogen-bond donors (Lipinski definition) is 3. The monoisotopic (exact) mass is 482 g/mol. The van der Waals surface area contributed by atoms with Gasteiger partial charge >= 0.3 is 0 Å². The Morgan fingerprint density at radius 2 is 2.12 bits per heavy atom. The molecule has 1 saturated heterocycles. The number of hydrogen-bond acceptors (Lipinski definition) is 8. The maximum absolute atomic E-state index is 13.0. The van der Waals surface area contributed by atoms with Crippen LogP contribution in [0.25, 0.3) is 11.0 Å². The molecule has 1 amide bonds. The topological polar surface area (TPSA) is 161 Å². The van der Waals surface area contributed by atoms with E-state index in [1.165, 1.54) is 19.4 Å². The Hall–Kier alpha value is -3.69. The number of rotatable bonds is 6. The molecule has 34 heavy (non-hydrogen) atoms. The first-order valence-electron chi connectivity index (χ1n) is 10.8. The minimum absolute atomic E-state index is 0.113. The molecule has 0 spiro atoms. The van der Waals surface area contributed by atoms with Crippen LogP contribution in [0.4, 0.5) is 11.5 Å². The lowest BCUT2D eigenvalue weighted by Crippen LogP contribution is -2.42. The average molecular weight is 483 g/mol. The number of carbonyl (C=O) groups excluding carboxylic acids is 1. The van der Waals surface area contributed by atoms with Gasteiger partial charge in [-0.25, -0.2) is 18.4 Å². The summed E-state index contributed by atoms with van der Waals surface area (Å²) in [5.41, 5.74) is 8.23. The van der Waals surface area contributed by atoms with Gasteiger partial charge in [-0.1, -0.05) is 6.07 Å². The van der Waals surface area contributed by atoms with E-state index in [0.29, 0.717) is 46.6 Å². The summed E-state index contributed by atoms with van der Waals surface area (Å²) in [6.45, 7) is 1.39. The summed E-state index contributed by atoms with van der Waals surface area (Å²) < 4.78 is 25.1. The van der Waals surface area contributed by atoms with Gasteiger partial charge in [0.15, 0.2) is 0 Å². The van der Waals surface area contributed by atoms with Crippen LogP contribution in [0.1, 0.15) is 34.5 Å². The molecule has 4 rings (SSSR count). The zero-order valence-electron chi connectivity index (χ0n) is 18.9. The minimum atomic E-state index is -3.50. The summed E-state index contributed by atoms with van der Waals surface area (Å²) in [6, 6.07) is 7.39. The van der Waals surface area contributed by atoms with Crippen LogP contribution < -0.4 is 15.4 Å². The SMILES string of the molecule is CN(c1ncccc1CNc1c(C#N)cnc2[nH]c(C(=O)N3CCC(N)CC3)cc12)S(C)(=O)=O. The first kappa shape index (κ1) is 23.5. The zero-order chi connectivity index (χ0) is 24.5. The number of piperidine rings is 1. The van der Waals surface area contributed by atoms with Crippen molar-refractivity contribution in [2.24, 2.45) is 5.73 Å². The van der Waals surface area contributed by atoms with Crippen LogP contribution >= 0.6 is 0 Å². The van der Waals surface area contributed by atoms with Crippen LogP contribution in [0.2, 0.25) is 0 Å². The maximum atomic E-state index is 13.0. The number of nitrogens with one attached hydrogen (secondary N) is 2. The van der Waals surface area contributed by atoms with E-state index in [0.717, 1.165) is 23.4 Å². The summed E-state index contributed by atoms with van der Waals surface area (Å²) >= 11 is 0. The number of likely N-dealkylation sites (tertiary alicyclic amines) is 1. The number of aromatic nitrogens is 3. The van der Waals surface area contributed by atoms with E-state index >= 15 is 0 Å². The Balaban J connectivity index is 1.65. The number of anilines is 2. The van der Waals surface area contributed by atoms with Gasteiger partial charge in [-0.2, -0.15) is 5.26 Å². The molecule has 1 fully saturated rings. The van der Waals surface area contributed by atoms with E-state index in [1.54, 1.807) is 23.1 Å². The molecule has 0 radical (unpaired) electrons. The predicted molar refractivity (Wildman–Crippen MR) is 129 cm³/mol. The largest absolute Gasteiger partial charge is 0.379 e. The number of nitriles is 1. The highest BCUT2D eigenvalue weighted by molar-refractivity contribution is 7.92. The normalized spacial score (nSPS) is 14.7. The van der Waals surface area contributed by atoms with Crippen LogP contribution in [-0.2, 0) is 16.6 Å². The molecule has 4 heterocycles. The van der Waals surface area contributed by atoms with Crippen molar-refractivity contribution >= 4 is 38.5 Å². The van der Waals surface area contributed by atoms with Crippen molar-refractivity contribution in [2.45, 2.75) is 25.4 Å². The van der Waals surface area contributed by atoms with E-state index < -0.39 is 10.0 Å². The van der Waals surface area contributed by atoms with Crippen molar-refractivity contribution in [3.05, 3.63) is 47.4 Å². The third kappa shape index (κ3) is 4.66. The summed E-state index contributed by atoms with van der Waals surface area (Å²) in [5.74, 6) is 0.147. The van der Waals surface area contributed by atoms with E-state index in [4.69, 9.17) is 5.73 Å². The van der Waals surface area contributed by atoms with E-state index in [2.05, 4.69) is 26.3 Å². The predicted octanol–water partition coefficient (Wildman–Crippen LogP) is 1.40. The van der Waals surface area contributed by atoms with Gasteiger partial charge in [-0.3, -0.25) is 9.10 Å². The third-order valence-electron chi connectivity index (χ3n) is 5.95. The second kappa shape index (κ2) is 9.28. The standard InChI is InChI=1S/C22H26N8O3S/c1-29(34(2,32)33)21-14(4-3-7-25-21)12-26-19-15(11-23)13-27-20-17(19)10-18(28-20)22(31)30-8-5-16(24)6-9-30/h3-4,7,10,13,16H,5-6,8-9,12,24H2,1-2H3,(H2,26,27,28). The number of nitrogens with two attached hydrogens (primary N) is 1. The molecule has 4 N–H and O–H groups in total. The van der Waals surface area contributed by atoms with Gasteiger partial charge in [0.1, 0.15) is 23.2 Å². The smallest absolute Gasteiger partial charge is 0.270 e. The summed E-state index contributed by atoms with van der Waals surface area (Å²) in [6.07, 6.45) is 5.56. The first-order valence-corrected chi connectivity index (χ1v) is 12.6. The van der Waals surface area contributed by atoms with E-state index in [1.807, 2.05) is 0 Å². The van der Waals surface area contributed by atoms with Gasteiger partial charge in [0.2, 0.25) is 10.0 Å². The number of carbonyl (C=O) groups is 1. The molecule has 0 unspecified atom stereocenters. The number of sulfonamides is 1. The Bertz CT molecular complexity index is 1370. The number of fused-ring (bicyclic) bond motifs is 1. The van der Waals surface area contributed by atoms with Crippen molar-refractivity contribution in [1.82, 2.24) is 19.9 Å². The number of H-pyrrole nitrogens is 1. The Labute approximate surface area is 197 Å². The van der Waals surface area contributed by atoms with Crippen LogP contribution in [0, 0.1) is 11.3 Å². The lowest BCUT2D eigenvalue weighted by atomic mass is 10.1. The van der Waals surface area contributed by atoms with Crippen molar-refractivity contribution in [3.8, 4) is 6.07 Å².